The van der Waals surface area contributed by atoms with Gasteiger partial charge >= 0.3 is 0 Å². The molecular formula is C18H24N2S2. The number of hydrogen-bond donors (Lipinski definition) is 0. The van der Waals surface area contributed by atoms with Gasteiger partial charge in [-0.2, -0.15) is 23.5 Å². The second kappa shape index (κ2) is 9.21. The summed E-state index contributed by atoms with van der Waals surface area (Å²) in [6, 6.07) is 8.46. The minimum atomic E-state index is 0.741. The molecule has 0 bridgehead atoms. The van der Waals surface area contributed by atoms with E-state index in [1.165, 1.54) is 16.9 Å². The van der Waals surface area contributed by atoms with Crippen molar-refractivity contribution in [2.75, 3.05) is 11.5 Å². The molecule has 2 aromatic rings. The van der Waals surface area contributed by atoms with Crippen LogP contribution in [0.15, 0.2) is 36.7 Å². The Bertz CT molecular complexity index is 550. The fraction of sp³-hybridized carbons (Fsp3) is 0.444. The van der Waals surface area contributed by atoms with Crippen LogP contribution in [-0.4, -0.2) is 21.5 Å². The Hall–Kier alpha value is -1.00. The normalized spacial score (nSPS) is 11.1. The molecule has 2 heterocycles. The van der Waals surface area contributed by atoms with Gasteiger partial charge < -0.3 is 0 Å². The summed E-state index contributed by atoms with van der Waals surface area (Å²) in [5.41, 5.74) is 4.46. The van der Waals surface area contributed by atoms with E-state index in [2.05, 4.69) is 55.0 Å². The SMILES string of the molecule is CCSCc1ccc(-c2ccc(CSCC(C)C)cn2)nc1. The van der Waals surface area contributed by atoms with Crippen molar-refractivity contribution in [1.82, 2.24) is 9.97 Å². The van der Waals surface area contributed by atoms with Crippen LogP contribution in [0.3, 0.4) is 0 Å². The van der Waals surface area contributed by atoms with E-state index in [0.717, 1.165) is 34.6 Å². The summed E-state index contributed by atoms with van der Waals surface area (Å²) < 4.78 is 0. The van der Waals surface area contributed by atoms with E-state index < -0.39 is 0 Å². The smallest absolute Gasteiger partial charge is 0.0886 e. The number of hydrogen-bond acceptors (Lipinski definition) is 4. The Morgan fingerprint density at radius 1 is 0.864 bits per heavy atom. The van der Waals surface area contributed by atoms with Crippen LogP contribution in [-0.2, 0) is 11.5 Å². The van der Waals surface area contributed by atoms with Gasteiger partial charge in [0.05, 0.1) is 11.4 Å². The van der Waals surface area contributed by atoms with Gasteiger partial charge in [-0.05, 0) is 40.7 Å². The van der Waals surface area contributed by atoms with Crippen molar-refractivity contribution in [3.63, 3.8) is 0 Å². The van der Waals surface area contributed by atoms with Crippen molar-refractivity contribution in [1.29, 1.82) is 0 Å². The molecule has 0 aliphatic carbocycles. The highest BCUT2D eigenvalue weighted by molar-refractivity contribution is 7.98. The van der Waals surface area contributed by atoms with E-state index in [4.69, 9.17) is 0 Å². The molecule has 0 aliphatic heterocycles. The third-order valence-electron chi connectivity index (χ3n) is 3.10. The van der Waals surface area contributed by atoms with Gasteiger partial charge in [-0.3, -0.25) is 9.97 Å². The van der Waals surface area contributed by atoms with Crippen LogP contribution in [0, 0.1) is 5.92 Å². The fourth-order valence-electron chi connectivity index (χ4n) is 1.96. The van der Waals surface area contributed by atoms with Crippen LogP contribution in [0.1, 0.15) is 31.9 Å². The third-order valence-corrected chi connectivity index (χ3v) is 5.49. The fourth-order valence-corrected chi connectivity index (χ4v) is 3.56. The number of rotatable bonds is 8. The Balaban J connectivity index is 1.94. The van der Waals surface area contributed by atoms with Gasteiger partial charge in [0.25, 0.3) is 0 Å². The highest BCUT2D eigenvalue weighted by Crippen LogP contribution is 2.19. The minimum Gasteiger partial charge on any atom is -0.254 e. The average molecular weight is 333 g/mol. The summed E-state index contributed by atoms with van der Waals surface area (Å²) in [7, 11) is 0. The quantitative estimate of drug-likeness (QED) is 0.656. The van der Waals surface area contributed by atoms with Gasteiger partial charge in [0.15, 0.2) is 0 Å². The summed E-state index contributed by atoms with van der Waals surface area (Å²) in [4.78, 5) is 9.09. The lowest BCUT2D eigenvalue weighted by molar-refractivity contribution is 0.750. The maximum atomic E-state index is 4.56. The molecule has 4 heteroatoms. The highest BCUT2D eigenvalue weighted by atomic mass is 32.2. The van der Waals surface area contributed by atoms with Crippen LogP contribution >= 0.6 is 23.5 Å². The molecule has 2 aromatic heterocycles. The Labute approximate surface area is 142 Å². The molecule has 0 saturated heterocycles. The summed E-state index contributed by atoms with van der Waals surface area (Å²) in [5.74, 6) is 5.14. The van der Waals surface area contributed by atoms with Crippen molar-refractivity contribution in [3.05, 3.63) is 47.8 Å². The molecule has 2 nitrogen and oxygen atoms in total. The molecule has 118 valence electrons. The topological polar surface area (TPSA) is 25.8 Å². The molecule has 0 atom stereocenters. The molecule has 0 aliphatic rings. The monoisotopic (exact) mass is 332 g/mol. The first-order chi connectivity index (χ1) is 10.7. The summed E-state index contributed by atoms with van der Waals surface area (Å²) in [6.07, 6.45) is 3.94. The van der Waals surface area contributed by atoms with Crippen molar-refractivity contribution in [2.24, 2.45) is 5.92 Å². The standard InChI is InChI=1S/C18H24N2S2/c1-4-21-12-15-5-7-17(19-9-15)18-8-6-16(10-20-18)13-22-11-14(2)3/h5-10,14H,4,11-13H2,1-3H3. The summed E-state index contributed by atoms with van der Waals surface area (Å²) >= 11 is 3.88. The molecule has 22 heavy (non-hydrogen) atoms. The second-order valence-corrected chi connectivity index (χ2v) is 7.95. The van der Waals surface area contributed by atoms with E-state index in [9.17, 15) is 0 Å². The zero-order chi connectivity index (χ0) is 15.8. The van der Waals surface area contributed by atoms with Crippen molar-refractivity contribution in [2.45, 2.75) is 32.3 Å². The number of nitrogens with zero attached hydrogens (tertiary/aromatic N) is 2. The van der Waals surface area contributed by atoms with Crippen LogP contribution in [0.4, 0.5) is 0 Å². The minimum absolute atomic E-state index is 0.741. The average Bonchev–Trinajstić information content (AvgIpc) is 2.54. The first-order valence-corrected chi connectivity index (χ1v) is 10.1. The highest BCUT2D eigenvalue weighted by Gasteiger charge is 2.03. The molecule has 0 N–H and O–H groups in total. The lowest BCUT2D eigenvalue weighted by Gasteiger charge is -2.06. The largest absolute Gasteiger partial charge is 0.254 e. The predicted octanol–water partition coefficient (Wildman–Crippen LogP) is 5.29. The van der Waals surface area contributed by atoms with E-state index in [0.29, 0.717) is 0 Å². The third kappa shape index (κ3) is 5.65. The van der Waals surface area contributed by atoms with Gasteiger partial charge in [0, 0.05) is 23.9 Å². The first kappa shape index (κ1) is 17.4. The van der Waals surface area contributed by atoms with E-state index in [1.54, 1.807) is 0 Å². The van der Waals surface area contributed by atoms with Crippen LogP contribution in [0.5, 0.6) is 0 Å². The zero-order valence-corrected chi connectivity index (χ0v) is 15.2. The molecule has 0 saturated carbocycles. The van der Waals surface area contributed by atoms with Gasteiger partial charge in [0.2, 0.25) is 0 Å². The summed E-state index contributed by atoms with van der Waals surface area (Å²) in [6.45, 7) is 6.68. The zero-order valence-electron chi connectivity index (χ0n) is 13.6. The summed E-state index contributed by atoms with van der Waals surface area (Å²) in [5, 5.41) is 0. The van der Waals surface area contributed by atoms with Gasteiger partial charge in [-0.25, -0.2) is 0 Å². The number of aromatic nitrogens is 2. The number of thioether (sulfide) groups is 2. The van der Waals surface area contributed by atoms with Crippen LogP contribution in [0.2, 0.25) is 0 Å². The maximum Gasteiger partial charge on any atom is 0.0886 e. The second-order valence-electron chi connectivity index (χ2n) is 5.65. The van der Waals surface area contributed by atoms with Gasteiger partial charge in [-0.15, -0.1) is 0 Å². The Kier molecular flexibility index (Phi) is 7.26. The van der Waals surface area contributed by atoms with Crippen molar-refractivity contribution in [3.8, 4) is 11.4 Å². The predicted molar refractivity (Wildman–Crippen MR) is 100 cm³/mol. The van der Waals surface area contributed by atoms with E-state index in [-0.39, 0.29) is 0 Å². The first-order valence-electron chi connectivity index (χ1n) is 7.74. The van der Waals surface area contributed by atoms with Crippen LogP contribution < -0.4 is 0 Å². The van der Waals surface area contributed by atoms with Gasteiger partial charge in [0.1, 0.15) is 0 Å². The number of pyridine rings is 2. The molecule has 0 unspecified atom stereocenters. The van der Waals surface area contributed by atoms with Crippen molar-refractivity contribution >= 4 is 23.5 Å². The van der Waals surface area contributed by atoms with E-state index >= 15 is 0 Å². The lowest BCUT2D eigenvalue weighted by atomic mass is 10.2. The molecule has 0 fully saturated rings. The molecule has 2 rings (SSSR count). The molecule has 0 aromatic carbocycles. The van der Waals surface area contributed by atoms with E-state index in [1.807, 2.05) is 35.9 Å². The molecular weight excluding hydrogens is 308 g/mol. The molecule has 0 amide bonds. The molecule has 0 radical (unpaired) electrons. The Morgan fingerprint density at radius 2 is 1.41 bits per heavy atom. The molecule has 0 spiro atoms. The van der Waals surface area contributed by atoms with Gasteiger partial charge in [-0.1, -0.05) is 32.9 Å². The Morgan fingerprint density at radius 3 is 1.82 bits per heavy atom. The van der Waals surface area contributed by atoms with Crippen molar-refractivity contribution < 1.29 is 0 Å². The van der Waals surface area contributed by atoms with Crippen LogP contribution in [0.25, 0.3) is 11.4 Å². The maximum absolute atomic E-state index is 4.56. The lowest BCUT2D eigenvalue weighted by Crippen LogP contribution is -1.93.